The van der Waals surface area contributed by atoms with Crippen molar-refractivity contribution in [2.75, 3.05) is 7.11 Å². The van der Waals surface area contributed by atoms with Crippen molar-refractivity contribution in [3.63, 3.8) is 0 Å². The third-order valence-electron chi connectivity index (χ3n) is 2.42. The van der Waals surface area contributed by atoms with E-state index in [1.807, 2.05) is 24.3 Å². The lowest BCUT2D eigenvalue weighted by molar-refractivity contribution is 0.414. The smallest absolute Gasteiger partial charge is 0.295 e. The second kappa shape index (κ2) is 4.33. The summed E-state index contributed by atoms with van der Waals surface area (Å²) in [4.78, 5) is 8.02. The number of hydrogen-bond donors (Lipinski definition) is 0. The molecular weight excluding hydrogens is 234 g/mol. The van der Waals surface area contributed by atoms with Crippen molar-refractivity contribution in [3.05, 3.63) is 36.9 Å². The fourth-order valence-electron chi connectivity index (χ4n) is 1.50. The Bertz CT molecular complexity index is 629. The predicted molar refractivity (Wildman–Crippen MR) is 61.8 cm³/mol. The minimum Gasteiger partial charge on any atom is -0.497 e. The highest BCUT2D eigenvalue weighted by Gasteiger charge is 2.12. The van der Waals surface area contributed by atoms with Crippen molar-refractivity contribution in [1.29, 1.82) is 0 Å². The van der Waals surface area contributed by atoms with E-state index in [9.17, 15) is 0 Å². The molecule has 1 aromatic carbocycles. The Morgan fingerprint density at radius 2 is 2.00 bits per heavy atom. The molecule has 6 nitrogen and oxygen atoms in total. The maximum absolute atomic E-state index is 5.09. The molecular formula is C12H9N3O3. The lowest BCUT2D eigenvalue weighted by Crippen LogP contribution is -1.84. The van der Waals surface area contributed by atoms with Crippen molar-refractivity contribution in [2.45, 2.75) is 0 Å². The first-order valence-electron chi connectivity index (χ1n) is 5.24. The summed E-state index contributed by atoms with van der Waals surface area (Å²) in [5, 5.41) is 3.88. The summed E-state index contributed by atoms with van der Waals surface area (Å²) < 4.78 is 15.3. The summed E-state index contributed by atoms with van der Waals surface area (Å²) in [6, 6.07) is 7.38. The van der Waals surface area contributed by atoms with Crippen molar-refractivity contribution in [3.8, 4) is 28.8 Å². The molecule has 2 aromatic heterocycles. The van der Waals surface area contributed by atoms with Gasteiger partial charge in [-0.3, -0.25) is 0 Å². The van der Waals surface area contributed by atoms with Crippen LogP contribution >= 0.6 is 0 Å². The molecule has 0 fully saturated rings. The molecule has 0 aliphatic heterocycles. The highest BCUT2D eigenvalue weighted by atomic mass is 16.5. The van der Waals surface area contributed by atoms with Gasteiger partial charge in [-0.05, 0) is 24.3 Å². The number of benzene rings is 1. The molecule has 0 saturated carbocycles. The molecule has 0 atom stereocenters. The number of nitrogens with zero attached hydrogens (tertiary/aromatic N) is 3. The van der Waals surface area contributed by atoms with Gasteiger partial charge in [0.25, 0.3) is 5.89 Å². The second-order valence-electron chi connectivity index (χ2n) is 3.52. The first-order valence-corrected chi connectivity index (χ1v) is 5.24. The molecule has 0 aliphatic rings. The fraction of sp³-hybridized carbons (Fsp3) is 0.0833. The van der Waals surface area contributed by atoms with Gasteiger partial charge in [0, 0.05) is 5.56 Å². The van der Waals surface area contributed by atoms with Gasteiger partial charge >= 0.3 is 0 Å². The van der Waals surface area contributed by atoms with E-state index < -0.39 is 0 Å². The van der Waals surface area contributed by atoms with Gasteiger partial charge in [-0.25, -0.2) is 4.98 Å². The summed E-state index contributed by atoms with van der Waals surface area (Å²) >= 11 is 0. The Morgan fingerprint density at radius 3 is 2.67 bits per heavy atom. The van der Waals surface area contributed by atoms with Crippen LogP contribution < -0.4 is 4.74 Å². The molecule has 0 saturated heterocycles. The normalized spacial score (nSPS) is 10.5. The van der Waals surface area contributed by atoms with Crippen LogP contribution in [0.5, 0.6) is 5.75 Å². The van der Waals surface area contributed by atoms with Gasteiger partial charge in [0.2, 0.25) is 11.6 Å². The Kier molecular flexibility index (Phi) is 2.53. The number of methoxy groups -OCH3 is 1. The van der Waals surface area contributed by atoms with Gasteiger partial charge < -0.3 is 13.7 Å². The Balaban J connectivity index is 1.92. The molecule has 6 heteroatoms. The lowest BCUT2D eigenvalue weighted by Gasteiger charge is -1.98. The summed E-state index contributed by atoms with van der Waals surface area (Å²) in [7, 11) is 1.62. The lowest BCUT2D eigenvalue weighted by atomic mass is 10.2. The van der Waals surface area contributed by atoms with Crippen molar-refractivity contribution in [1.82, 2.24) is 15.1 Å². The topological polar surface area (TPSA) is 74.2 Å². The highest BCUT2D eigenvalue weighted by molar-refractivity contribution is 5.58. The van der Waals surface area contributed by atoms with Crippen LogP contribution in [-0.2, 0) is 0 Å². The second-order valence-corrected chi connectivity index (χ2v) is 3.52. The van der Waals surface area contributed by atoms with E-state index in [2.05, 4.69) is 15.1 Å². The zero-order valence-electron chi connectivity index (χ0n) is 9.53. The summed E-state index contributed by atoms with van der Waals surface area (Å²) in [6.07, 6.45) is 2.83. The summed E-state index contributed by atoms with van der Waals surface area (Å²) in [5.41, 5.74) is 0.838. The minimum atomic E-state index is 0.304. The van der Waals surface area contributed by atoms with E-state index >= 15 is 0 Å². The monoisotopic (exact) mass is 243 g/mol. The van der Waals surface area contributed by atoms with Crippen LogP contribution in [0, 0.1) is 0 Å². The maximum atomic E-state index is 5.09. The number of aromatic nitrogens is 3. The number of rotatable bonds is 3. The van der Waals surface area contributed by atoms with Gasteiger partial charge in [-0.1, -0.05) is 5.16 Å². The third-order valence-corrected chi connectivity index (χ3v) is 2.42. The van der Waals surface area contributed by atoms with Crippen LogP contribution in [0.25, 0.3) is 23.0 Å². The largest absolute Gasteiger partial charge is 0.497 e. The van der Waals surface area contributed by atoms with Gasteiger partial charge in [-0.2, -0.15) is 4.98 Å². The average Bonchev–Trinajstić information content (AvgIpc) is 3.09. The van der Waals surface area contributed by atoms with E-state index in [1.165, 1.54) is 12.6 Å². The highest BCUT2D eigenvalue weighted by Crippen LogP contribution is 2.23. The quantitative estimate of drug-likeness (QED) is 0.703. The van der Waals surface area contributed by atoms with Gasteiger partial charge in [-0.15, -0.1) is 0 Å². The fourth-order valence-corrected chi connectivity index (χ4v) is 1.50. The molecule has 0 amide bonds. The Hall–Kier alpha value is -2.63. The van der Waals surface area contributed by atoms with Crippen LogP contribution in [-0.4, -0.2) is 22.2 Å². The molecule has 0 spiro atoms. The van der Waals surface area contributed by atoms with Crippen LogP contribution in [0.1, 0.15) is 0 Å². The molecule has 0 aliphatic carbocycles. The molecule has 2 heterocycles. The Labute approximate surface area is 102 Å². The zero-order chi connectivity index (χ0) is 12.4. The number of hydrogen-bond acceptors (Lipinski definition) is 6. The van der Waals surface area contributed by atoms with Gasteiger partial charge in [0.1, 0.15) is 5.75 Å². The molecule has 0 unspecified atom stereocenters. The van der Waals surface area contributed by atoms with Crippen LogP contribution in [0.3, 0.4) is 0 Å². The van der Waals surface area contributed by atoms with Gasteiger partial charge in [0.15, 0.2) is 6.39 Å². The van der Waals surface area contributed by atoms with E-state index in [1.54, 1.807) is 7.11 Å². The maximum Gasteiger partial charge on any atom is 0.295 e. The first kappa shape index (κ1) is 10.5. The zero-order valence-corrected chi connectivity index (χ0v) is 9.53. The third kappa shape index (κ3) is 1.84. The van der Waals surface area contributed by atoms with Crippen molar-refractivity contribution < 1.29 is 13.7 Å². The van der Waals surface area contributed by atoms with E-state index in [0.29, 0.717) is 17.5 Å². The molecule has 18 heavy (non-hydrogen) atoms. The van der Waals surface area contributed by atoms with Crippen molar-refractivity contribution in [2.24, 2.45) is 0 Å². The minimum absolute atomic E-state index is 0.304. The molecule has 0 radical (unpaired) electrons. The van der Waals surface area contributed by atoms with Gasteiger partial charge in [0.05, 0.1) is 13.3 Å². The number of oxazole rings is 1. The van der Waals surface area contributed by atoms with Crippen LogP contribution in [0.15, 0.2) is 45.8 Å². The van der Waals surface area contributed by atoms with E-state index in [0.717, 1.165) is 11.3 Å². The van der Waals surface area contributed by atoms with Crippen LogP contribution in [0.2, 0.25) is 0 Å². The first-order chi connectivity index (χ1) is 8.86. The molecule has 3 aromatic rings. The molecule has 90 valence electrons. The van der Waals surface area contributed by atoms with E-state index in [-0.39, 0.29) is 0 Å². The summed E-state index contributed by atoms with van der Waals surface area (Å²) in [5.74, 6) is 2.02. The summed E-state index contributed by atoms with van der Waals surface area (Å²) in [6.45, 7) is 0. The predicted octanol–water partition coefficient (Wildman–Crippen LogP) is 2.40. The standard InChI is InChI=1S/C12H9N3O3/c1-16-9-4-2-8(3-5-9)11-14-12(18-15-11)10-6-13-7-17-10/h2-7H,1H3. The molecule has 3 rings (SSSR count). The molecule has 0 bridgehead atoms. The van der Waals surface area contributed by atoms with Crippen LogP contribution in [0.4, 0.5) is 0 Å². The SMILES string of the molecule is COc1ccc(-c2noc(-c3cnco3)n2)cc1. The van der Waals surface area contributed by atoms with E-state index in [4.69, 9.17) is 13.7 Å². The molecule has 0 N–H and O–H groups in total. The van der Waals surface area contributed by atoms with Crippen molar-refractivity contribution >= 4 is 0 Å². The average molecular weight is 243 g/mol. The number of ether oxygens (including phenoxy) is 1. The Morgan fingerprint density at radius 1 is 1.17 bits per heavy atom.